The van der Waals surface area contributed by atoms with Gasteiger partial charge in [-0.2, -0.15) is 11.8 Å². The second-order valence-electron chi connectivity index (χ2n) is 10.9. The van der Waals surface area contributed by atoms with Gasteiger partial charge in [-0.15, -0.1) is 0 Å². The lowest BCUT2D eigenvalue weighted by Crippen LogP contribution is -2.55. The molecule has 0 saturated heterocycles. The summed E-state index contributed by atoms with van der Waals surface area (Å²) in [5.74, 6) is -0.916. The van der Waals surface area contributed by atoms with E-state index in [2.05, 4.69) is 56.6 Å². The molecule has 0 aliphatic carbocycles. The molecule has 0 bridgehead atoms. The molecule has 0 saturated carbocycles. The molecule has 0 heterocycles. The Morgan fingerprint density at radius 3 is 2.03 bits per heavy atom. The van der Waals surface area contributed by atoms with Crippen LogP contribution in [0.2, 0.25) is 0 Å². The van der Waals surface area contributed by atoms with Crippen molar-refractivity contribution in [2.45, 2.75) is 112 Å². The quantitative estimate of drug-likeness (QED) is 0.150. The van der Waals surface area contributed by atoms with Crippen molar-refractivity contribution in [3.63, 3.8) is 0 Å². The van der Waals surface area contributed by atoms with Crippen molar-refractivity contribution in [3.05, 3.63) is 34.9 Å². The van der Waals surface area contributed by atoms with Gasteiger partial charge < -0.3 is 20.5 Å². The number of rotatable bonds is 16. The summed E-state index contributed by atoms with van der Waals surface area (Å²) in [7, 11) is 0. The lowest BCUT2D eigenvalue weighted by Gasteiger charge is -2.27. The minimum atomic E-state index is -1.10. The molecule has 212 valence electrons. The van der Waals surface area contributed by atoms with Crippen LogP contribution in [-0.4, -0.2) is 52.3 Å². The Labute approximate surface area is 229 Å². The fraction of sp³-hybridized carbons (Fsp3) is 0.690. The Balaban J connectivity index is 4.79. The van der Waals surface area contributed by atoms with Gasteiger partial charge in [0.25, 0.3) is 0 Å². The van der Waals surface area contributed by atoms with E-state index in [-0.39, 0.29) is 11.7 Å². The Morgan fingerprint density at radius 1 is 0.946 bits per heavy atom. The second-order valence-corrected chi connectivity index (χ2v) is 12.0. The highest BCUT2D eigenvalue weighted by atomic mass is 32.2. The maximum Gasteiger partial charge on any atom is 0.408 e. The predicted molar refractivity (Wildman–Crippen MR) is 155 cm³/mol. The number of carbonyl (C=O) groups is 3. The third kappa shape index (κ3) is 17.8. The summed E-state index contributed by atoms with van der Waals surface area (Å²) in [6, 6.07) is -1.93. The van der Waals surface area contributed by atoms with Crippen LogP contribution in [0.5, 0.6) is 0 Å². The summed E-state index contributed by atoms with van der Waals surface area (Å²) < 4.78 is 5.27. The van der Waals surface area contributed by atoms with E-state index < -0.39 is 35.7 Å². The molecule has 0 radical (unpaired) electrons. The van der Waals surface area contributed by atoms with Crippen LogP contribution in [0.3, 0.4) is 0 Å². The van der Waals surface area contributed by atoms with Crippen molar-refractivity contribution < 1.29 is 24.2 Å². The summed E-state index contributed by atoms with van der Waals surface area (Å²) in [5.41, 5.74) is 3.31. The number of amides is 2. The van der Waals surface area contributed by atoms with Crippen molar-refractivity contribution in [3.8, 4) is 0 Å². The molecule has 0 aliphatic rings. The first-order valence-corrected chi connectivity index (χ1v) is 14.4. The maximum absolute atomic E-state index is 12.9. The Hall–Kier alpha value is -2.22. The standard InChI is InChI=1S/C29H50N2O5S/c1-10-23(6)25(31-28(35)36-29(7,8)9)26(32)30-24(27(33)34)19-37-18-17-22(5)16-12-15-21(4)14-11-13-20(2)3/h13,15,17,23-25H,10-12,14,16,18-19H2,1-9H3,(H,30,32)(H,31,35)(H,33,34)/t23?,24-,25+/m0/s1. The molecule has 2 amide bonds. The fourth-order valence-corrected chi connectivity index (χ4v) is 4.30. The molecule has 0 rings (SSSR count). The van der Waals surface area contributed by atoms with Crippen LogP contribution in [0.1, 0.15) is 94.4 Å². The van der Waals surface area contributed by atoms with E-state index >= 15 is 0 Å². The number of thioether (sulfide) groups is 1. The zero-order chi connectivity index (χ0) is 28.6. The van der Waals surface area contributed by atoms with Crippen LogP contribution >= 0.6 is 11.8 Å². The number of alkyl carbamates (subject to hydrolysis) is 1. The van der Waals surface area contributed by atoms with Crippen LogP contribution in [-0.2, 0) is 14.3 Å². The summed E-state index contributed by atoms with van der Waals surface area (Å²) in [5, 5.41) is 14.8. The summed E-state index contributed by atoms with van der Waals surface area (Å²) in [6.45, 7) is 17.4. The number of nitrogens with one attached hydrogen (secondary N) is 2. The first-order valence-electron chi connectivity index (χ1n) is 13.2. The molecular formula is C29H50N2O5S. The Kier molecular flexibility index (Phi) is 17.0. The number of allylic oxidation sites excluding steroid dienone is 5. The van der Waals surface area contributed by atoms with Crippen LogP contribution in [0, 0.1) is 5.92 Å². The average molecular weight is 539 g/mol. The van der Waals surface area contributed by atoms with Gasteiger partial charge in [-0.05, 0) is 80.1 Å². The van der Waals surface area contributed by atoms with Gasteiger partial charge in [-0.1, -0.05) is 55.2 Å². The van der Waals surface area contributed by atoms with E-state index in [4.69, 9.17) is 4.74 Å². The summed E-state index contributed by atoms with van der Waals surface area (Å²) >= 11 is 1.46. The Bertz CT molecular complexity index is 823. The number of carbonyl (C=O) groups excluding carboxylic acids is 2. The van der Waals surface area contributed by atoms with Crippen molar-refractivity contribution in [1.29, 1.82) is 0 Å². The molecular weight excluding hydrogens is 488 g/mol. The Morgan fingerprint density at radius 2 is 1.51 bits per heavy atom. The lowest BCUT2D eigenvalue weighted by molar-refractivity contribution is -0.141. The zero-order valence-electron chi connectivity index (χ0n) is 24.4. The molecule has 0 spiro atoms. The van der Waals surface area contributed by atoms with Gasteiger partial charge in [0.05, 0.1) is 0 Å². The zero-order valence-corrected chi connectivity index (χ0v) is 25.2. The van der Waals surface area contributed by atoms with E-state index in [9.17, 15) is 19.5 Å². The predicted octanol–water partition coefficient (Wildman–Crippen LogP) is 6.65. The molecule has 7 nitrogen and oxygen atoms in total. The van der Waals surface area contributed by atoms with Crippen LogP contribution < -0.4 is 10.6 Å². The van der Waals surface area contributed by atoms with Crippen molar-refractivity contribution in [2.75, 3.05) is 11.5 Å². The van der Waals surface area contributed by atoms with Gasteiger partial charge in [0, 0.05) is 11.5 Å². The molecule has 8 heteroatoms. The highest BCUT2D eigenvalue weighted by Gasteiger charge is 2.31. The van der Waals surface area contributed by atoms with Gasteiger partial charge >= 0.3 is 12.1 Å². The fourth-order valence-electron chi connectivity index (χ4n) is 3.30. The third-order valence-electron chi connectivity index (χ3n) is 5.74. The largest absolute Gasteiger partial charge is 0.480 e. The van der Waals surface area contributed by atoms with Gasteiger partial charge in [0.2, 0.25) is 5.91 Å². The normalized spacial score (nSPS) is 14.8. The van der Waals surface area contributed by atoms with Crippen molar-refractivity contribution >= 4 is 29.7 Å². The van der Waals surface area contributed by atoms with Crippen LogP contribution in [0.25, 0.3) is 0 Å². The lowest BCUT2D eigenvalue weighted by atomic mass is 9.98. The van der Waals surface area contributed by atoms with Gasteiger partial charge in [-0.3, -0.25) is 4.79 Å². The summed E-state index contributed by atoms with van der Waals surface area (Å²) in [4.78, 5) is 36.9. The highest BCUT2D eigenvalue weighted by Crippen LogP contribution is 2.14. The van der Waals surface area contributed by atoms with Gasteiger partial charge in [0.15, 0.2) is 0 Å². The minimum absolute atomic E-state index is 0.190. The highest BCUT2D eigenvalue weighted by molar-refractivity contribution is 7.99. The molecule has 3 atom stereocenters. The smallest absolute Gasteiger partial charge is 0.408 e. The number of hydrogen-bond donors (Lipinski definition) is 3. The van der Waals surface area contributed by atoms with E-state index in [1.165, 1.54) is 28.5 Å². The average Bonchev–Trinajstić information content (AvgIpc) is 2.77. The van der Waals surface area contributed by atoms with Gasteiger partial charge in [-0.25, -0.2) is 9.59 Å². The molecule has 37 heavy (non-hydrogen) atoms. The van der Waals surface area contributed by atoms with E-state index in [0.717, 1.165) is 25.7 Å². The monoisotopic (exact) mass is 538 g/mol. The third-order valence-corrected chi connectivity index (χ3v) is 6.71. The molecule has 0 aromatic rings. The molecule has 3 N–H and O–H groups in total. The van der Waals surface area contributed by atoms with Crippen LogP contribution in [0.15, 0.2) is 34.9 Å². The number of aliphatic carboxylic acids is 1. The number of carboxylic acid groups (broad SMARTS) is 1. The topological polar surface area (TPSA) is 105 Å². The minimum Gasteiger partial charge on any atom is -0.480 e. The maximum atomic E-state index is 12.9. The number of hydrogen-bond acceptors (Lipinski definition) is 5. The first kappa shape index (κ1) is 34.8. The molecule has 0 aliphatic heterocycles. The van der Waals surface area contributed by atoms with E-state index in [0.29, 0.717) is 12.2 Å². The van der Waals surface area contributed by atoms with E-state index in [1.54, 1.807) is 20.8 Å². The van der Waals surface area contributed by atoms with E-state index in [1.807, 2.05) is 13.8 Å². The second kappa shape index (κ2) is 18.1. The number of carboxylic acids is 1. The molecule has 1 unspecified atom stereocenters. The first-order chi connectivity index (χ1) is 17.2. The summed E-state index contributed by atoms with van der Waals surface area (Å²) in [6.07, 6.45) is 10.7. The van der Waals surface area contributed by atoms with Crippen molar-refractivity contribution in [1.82, 2.24) is 10.6 Å². The molecule has 0 aromatic carbocycles. The molecule has 0 aromatic heterocycles. The SMILES string of the molecule is CCC(C)[C@@H](NC(=O)OC(C)(C)C)C(=O)N[C@@H](CSCC=C(C)CCC=C(C)CCC=C(C)C)C(=O)O. The van der Waals surface area contributed by atoms with Gasteiger partial charge in [0.1, 0.15) is 17.7 Å². The molecule has 0 fully saturated rings. The van der Waals surface area contributed by atoms with Crippen LogP contribution in [0.4, 0.5) is 4.79 Å². The number of ether oxygens (including phenoxy) is 1. The van der Waals surface area contributed by atoms with Crippen molar-refractivity contribution in [2.24, 2.45) is 5.92 Å².